The Bertz CT molecular complexity index is 1210. The van der Waals surface area contributed by atoms with Crippen LogP contribution < -0.4 is 20.3 Å². The van der Waals surface area contributed by atoms with E-state index in [1.54, 1.807) is 11.1 Å². The predicted molar refractivity (Wildman–Crippen MR) is 130 cm³/mol. The Labute approximate surface area is 206 Å². The van der Waals surface area contributed by atoms with Crippen LogP contribution in [0.25, 0.3) is 11.1 Å². The van der Waals surface area contributed by atoms with Crippen LogP contribution in [0, 0.1) is 0 Å². The Morgan fingerprint density at radius 3 is 2.50 bits per heavy atom. The van der Waals surface area contributed by atoms with Gasteiger partial charge in [0.25, 0.3) is 0 Å². The molecule has 36 heavy (non-hydrogen) atoms. The molecule has 188 valence electrons. The van der Waals surface area contributed by atoms with E-state index in [4.69, 9.17) is 4.74 Å². The number of hydrogen-bond donors (Lipinski definition) is 2. The van der Waals surface area contributed by atoms with Crippen LogP contribution in [0.15, 0.2) is 66.9 Å². The Morgan fingerprint density at radius 1 is 1.11 bits per heavy atom. The first-order valence-corrected chi connectivity index (χ1v) is 11.5. The lowest BCUT2D eigenvalue weighted by molar-refractivity contribution is -0.137. The first kappa shape index (κ1) is 25.0. The van der Waals surface area contributed by atoms with E-state index in [-0.39, 0.29) is 11.6 Å². The molecule has 2 N–H and O–H groups in total. The summed E-state index contributed by atoms with van der Waals surface area (Å²) < 4.78 is 43.8. The van der Waals surface area contributed by atoms with Crippen molar-refractivity contribution in [3.63, 3.8) is 0 Å². The van der Waals surface area contributed by atoms with E-state index < -0.39 is 23.8 Å². The van der Waals surface area contributed by atoms with Crippen LogP contribution in [0.2, 0.25) is 0 Å². The maximum absolute atomic E-state index is 13.1. The van der Waals surface area contributed by atoms with Crippen LogP contribution in [-0.2, 0) is 11.0 Å². The highest BCUT2D eigenvalue weighted by molar-refractivity contribution is 6.01. The number of amides is 3. The maximum Gasteiger partial charge on any atom is 0.416 e. The van der Waals surface area contributed by atoms with E-state index in [1.165, 1.54) is 0 Å². The van der Waals surface area contributed by atoms with Gasteiger partial charge >= 0.3 is 12.2 Å². The van der Waals surface area contributed by atoms with E-state index in [9.17, 15) is 22.8 Å². The number of urea groups is 1. The van der Waals surface area contributed by atoms with E-state index in [0.29, 0.717) is 37.6 Å². The first-order valence-electron chi connectivity index (χ1n) is 11.5. The summed E-state index contributed by atoms with van der Waals surface area (Å²) in [6, 6.07) is 13.9. The van der Waals surface area contributed by atoms with Crippen LogP contribution in [0.1, 0.15) is 25.3 Å². The SMILES string of the molecule is CCOc1ncccc1-c1ccc(N2CCC[C@@H](NC(=O)Nc3ccc(C(F)(F)F)cc3)C2=O)cc1. The number of aromatic nitrogens is 1. The molecule has 0 spiro atoms. The number of rotatable bonds is 6. The number of pyridine rings is 1. The zero-order chi connectivity index (χ0) is 25.7. The molecule has 3 aromatic rings. The molecule has 3 amide bonds. The van der Waals surface area contributed by atoms with Crippen molar-refractivity contribution in [2.24, 2.45) is 0 Å². The lowest BCUT2D eigenvalue weighted by atomic mass is 10.0. The van der Waals surface area contributed by atoms with E-state index in [1.807, 2.05) is 43.3 Å². The zero-order valence-corrected chi connectivity index (χ0v) is 19.5. The number of nitrogens with zero attached hydrogens (tertiary/aromatic N) is 2. The van der Waals surface area contributed by atoms with Crippen molar-refractivity contribution < 1.29 is 27.5 Å². The number of hydrogen-bond acceptors (Lipinski definition) is 4. The summed E-state index contributed by atoms with van der Waals surface area (Å²) in [7, 11) is 0. The number of nitrogens with one attached hydrogen (secondary N) is 2. The van der Waals surface area contributed by atoms with Gasteiger partial charge in [-0.15, -0.1) is 0 Å². The Balaban J connectivity index is 1.40. The van der Waals surface area contributed by atoms with Gasteiger partial charge in [-0.3, -0.25) is 4.79 Å². The molecule has 7 nitrogen and oxygen atoms in total. The van der Waals surface area contributed by atoms with Crippen molar-refractivity contribution in [2.75, 3.05) is 23.4 Å². The molecule has 0 aliphatic carbocycles. The zero-order valence-electron chi connectivity index (χ0n) is 19.5. The van der Waals surface area contributed by atoms with E-state index in [0.717, 1.165) is 35.4 Å². The van der Waals surface area contributed by atoms with Gasteiger partial charge in [-0.2, -0.15) is 13.2 Å². The van der Waals surface area contributed by atoms with Crippen LogP contribution in [0.4, 0.5) is 29.3 Å². The number of halogens is 3. The third-order valence-corrected chi connectivity index (χ3v) is 5.76. The fourth-order valence-corrected chi connectivity index (χ4v) is 4.02. The summed E-state index contributed by atoms with van der Waals surface area (Å²) in [4.78, 5) is 31.4. The Hall–Kier alpha value is -4.08. The molecule has 1 aliphatic rings. The quantitative estimate of drug-likeness (QED) is 0.471. The fourth-order valence-electron chi connectivity index (χ4n) is 4.02. The van der Waals surface area contributed by atoms with Crippen LogP contribution in [0.3, 0.4) is 0 Å². The van der Waals surface area contributed by atoms with Gasteiger partial charge in [0.1, 0.15) is 6.04 Å². The summed E-state index contributed by atoms with van der Waals surface area (Å²) in [5.74, 6) is 0.276. The van der Waals surface area contributed by atoms with Crippen molar-refractivity contribution in [1.29, 1.82) is 0 Å². The van der Waals surface area contributed by atoms with Crippen LogP contribution in [0.5, 0.6) is 5.88 Å². The van der Waals surface area contributed by atoms with Gasteiger partial charge in [0.15, 0.2) is 0 Å². The minimum absolute atomic E-state index is 0.193. The lowest BCUT2D eigenvalue weighted by Gasteiger charge is -2.32. The summed E-state index contributed by atoms with van der Waals surface area (Å²) in [6.07, 6.45) is -1.66. The van der Waals surface area contributed by atoms with Crippen molar-refractivity contribution >= 4 is 23.3 Å². The highest BCUT2D eigenvalue weighted by atomic mass is 19.4. The fraction of sp³-hybridized carbons (Fsp3) is 0.269. The molecule has 2 heterocycles. The van der Waals surface area contributed by atoms with Crippen molar-refractivity contribution in [1.82, 2.24) is 10.3 Å². The third-order valence-electron chi connectivity index (χ3n) is 5.76. The van der Waals surface area contributed by atoms with Gasteiger partial charge in [-0.05, 0) is 73.9 Å². The number of alkyl halides is 3. The minimum Gasteiger partial charge on any atom is -0.478 e. The molecule has 4 rings (SSSR count). The molecule has 1 atom stereocenters. The van der Waals surface area contributed by atoms with Gasteiger partial charge in [0.2, 0.25) is 11.8 Å². The number of carbonyl (C=O) groups is 2. The van der Waals surface area contributed by atoms with Crippen molar-refractivity contribution in [3.8, 4) is 17.0 Å². The van der Waals surface area contributed by atoms with Gasteiger partial charge in [-0.1, -0.05) is 12.1 Å². The second-order valence-electron chi connectivity index (χ2n) is 8.19. The Morgan fingerprint density at radius 2 is 1.83 bits per heavy atom. The summed E-state index contributed by atoms with van der Waals surface area (Å²) in [5, 5.41) is 5.11. The molecule has 0 saturated carbocycles. The topological polar surface area (TPSA) is 83.6 Å². The molecule has 0 bridgehead atoms. The number of benzene rings is 2. The van der Waals surface area contributed by atoms with Crippen molar-refractivity contribution in [2.45, 2.75) is 32.0 Å². The molecule has 2 aromatic carbocycles. The monoisotopic (exact) mass is 498 g/mol. The molecule has 1 aromatic heterocycles. The van der Waals surface area contributed by atoms with E-state index in [2.05, 4.69) is 15.6 Å². The summed E-state index contributed by atoms with van der Waals surface area (Å²) in [5.41, 5.74) is 1.81. The van der Waals surface area contributed by atoms with Gasteiger partial charge in [-0.25, -0.2) is 9.78 Å². The van der Waals surface area contributed by atoms with Gasteiger partial charge < -0.3 is 20.3 Å². The second kappa shape index (κ2) is 10.7. The summed E-state index contributed by atoms with van der Waals surface area (Å²) >= 11 is 0. The van der Waals surface area contributed by atoms with Crippen LogP contribution >= 0.6 is 0 Å². The van der Waals surface area contributed by atoms with Gasteiger partial charge in [0, 0.05) is 29.7 Å². The average molecular weight is 499 g/mol. The Kier molecular flexibility index (Phi) is 7.42. The minimum atomic E-state index is -4.46. The first-order chi connectivity index (χ1) is 17.3. The lowest BCUT2D eigenvalue weighted by Crippen LogP contribution is -2.53. The normalized spacial score (nSPS) is 15.9. The second-order valence-corrected chi connectivity index (χ2v) is 8.19. The standard InChI is InChI=1S/C26H25F3N4O3/c1-2-36-23-21(5-3-15-30-23)17-7-13-20(14-8-17)33-16-4-6-22(24(33)34)32-25(35)31-19-11-9-18(10-12-19)26(27,28)29/h3,5,7-15,22H,2,4,6,16H2,1H3,(H2,31,32,35)/t22-/m1/s1. The van der Waals surface area contributed by atoms with Crippen molar-refractivity contribution in [3.05, 3.63) is 72.4 Å². The molecule has 1 saturated heterocycles. The smallest absolute Gasteiger partial charge is 0.416 e. The summed E-state index contributed by atoms with van der Waals surface area (Å²) in [6.45, 7) is 2.89. The molecule has 0 unspecified atom stereocenters. The molecular weight excluding hydrogens is 473 g/mol. The number of ether oxygens (including phenoxy) is 1. The van der Waals surface area contributed by atoms with Gasteiger partial charge in [0.05, 0.1) is 12.2 Å². The number of piperidine rings is 1. The molecule has 1 aliphatic heterocycles. The molecule has 0 radical (unpaired) electrons. The maximum atomic E-state index is 13.1. The molecule has 10 heteroatoms. The van der Waals surface area contributed by atoms with E-state index >= 15 is 0 Å². The average Bonchev–Trinajstić information content (AvgIpc) is 2.86. The highest BCUT2D eigenvalue weighted by Crippen LogP contribution is 2.31. The largest absolute Gasteiger partial charge is 0.478 e. The number of anilines is 2. The highest BCUT2D eigenvalue weighted by Gasteiger charge is 2.32. The molecular formula is C26H25F3N4O3. The molecule has 1 fully saturated rings. The number of carbonyl (C=O) groups excluding carboxylic acids is 2. The predicted octanol–water partition coefficient (Wildman–Crippen LogP) is 5.48. The van der Waals surface area contributed by atoms with Crippen LogP contribution in [-0.4, -0.2) is 36.1 Å². The third kappa shape index (κ3) is 5.76.